The Kier molecular flexibility index (Phi) is 5.45. The first-order valence-electron chi connectivity index (χ1n) is 9.62. The normalized spacial score (nSPS) is 11.6. The highest BCUT2D eigenvalue weighted by molar-refractivity contribution is 7.92. The zero-order chi connectivity index (χ0) is 23.0. The minimum Gasteiger partial charge on any atom is -0.280 e. The summed E-state index contributed by atoms with van der Waals surface area (Å²) in [6.45, 7) is 0. The van der Waals surface area contributed by atoms with Crippen LogP contribution in [0.1, 0.15) is 0 Å². The maximum Gasteiger partial charge on any atom is 0.263 e. The number of nitrogens with zero attached hydrogens (tertiary/aromatic N) is 5. The molecule has 0 fully saturated rings. The minimum absolute atomic E-state index is 0.0833. The number of hydrogen-bond donors (Lipinski definition) is 1. The first-order chi connectivity index (χ1) is 15.9. The number of fused-ring (bicyclic) bond motifs is 1. The Morgan fingerprint density at radius 3 is 2.33 bits per heavy atom. The molecule has 0 spiro atoms. The molecule has 33 heavy (non-hydrogen) atoms. The largest absolute Gasteiger partial charge is 0.280 e. The van der Waals surface area contributed by atoms with Gasteiger partial charge < -0.3 is 0 Å². The van der Waals surface area contributed by atoms with Crippen LogP contribution in [0.5, 0.6) is 0 Å². The Balaban J connectivity index is 1.44. The van der Waals surface area contributed by atoms with Crippen molar-refractivity contribution in [3.05, 3.63) is 89.2 Å². The van der Waals surface area contributed by atoms with Gasteiger partial charge in [0.25, 0.3) is 10.0 Å². The number of pyridine rings is 1. The zero-order valence-electron chi connectivity index (χ0n) is 16.7. The van der Waals surface area contributed by atoms with Gasteiger partial charge in [0.1, 0.15) is 4.90 Å². The molecule has 8 nitrogen and oxygen atoms in total. The van der Waals surface area contributed by atoms with Crippen LogP contribution in [0, 0.1) is 0 Å². The highest BCUT2D eigenvalue weighted by atomic mass is 35.5. The standard InChI is InChI=1S/C22H14Cl2N6O2S/c23-16-3-6-18(24)20(13-16)33(31,32)29-17-4-1-14(2-5-17)19-7-8-21-26-27-22(30(21)28-19)15-9-11-25-12-10-15/h1-13,29H. The molecule has 2 aromatic carbocycles. The van der Waals surface area contributed by atoms with Gasteiger partial charge in [-0.05, 0) is 54.6 Å². The second-order valence-electron chi connectivity index (χ2n) is 7.01. The first-order valence-corrected chi connectivity index (χ1v) is 11.9. The molecule has 3 heterocycles. The van der Waals surface area contributed by atoms with E-state index in [0.717, 1.165) is 11.1 Å². The highest BCUT2D eigenvalue weighted by Gasteiger charge is 2.19. The van der Waals surface area contributed by atoms with E-state index in [1.165, 1.54) is 18.2 Å². The molecule has 11 heteroatoms. The molecule has 0 aliphatic heterocycles. The van der Waals surface area contributed by atoms with Crippen LogP contribution in [0.2, 0.25) is 10.0 Å². The summed E-state index contributed by atoms with van der Waals surface area (Å²) >= 11 is 12.0. The van der Waals surface area contributed by atoms with Crippen molar-refractivity contribution in [1.29, 1.82) is 0 Å². The van der Waals surface area contributed by atoms with Crippen LogP contribution in [0.15, 0.2) is 84.0 Å². The summed E-state index contributed by atoms with van der Waals surface area (Å²) < 4.78 is 29.6. The second kappa shape index (κ2) is 8.43. The molecular weight excluding hydrogens is 483 g/mol. The molecular formula is C22H14Cl2N6O2S. The maximum absolute atomic E-state index is 12.7. The summed E-state index contributed by atoms with van der Waals surface area (Å²) in [5, 5.41) is 13.4. The van der Waals surface area contributed by atoms with Crippen molar-refractivity contribution in [2.24, 2.45) is 0 Å². The molecule has 0 amide bonds. The average molecular weight is 497 g/mol. The van der Waals surface area contributed by atoms with Crippen LogP contribution in [0.3, 0.4) is 0 Å². The third-order valence-electron chi connectivity index (χ3n) is 4.82. The maximum atomic E-state index is 12.7. The lowest BCUT2D eigenvalue weighted by Crippen LogP contribution is -2.13. The van der Waals surface area contributed by atoms with E-state index < -0.39 is 10.0 Å². The molecule has 0 bridgehead atoms. The third kappa shape index (κ3) is 4.25. The second-order valence-corrected chi connectivity index (χ2v) is 9.50. The number of aromatic nitrogens is 5. The number of rotatable bonds is 5. The number of nitrogens with one attached hydrogen (secondary N) is 1. The van der Waals surface area contributed by atoms with Gasteiger partial charge in [-0.2, -0.15) is 9.61 Å². The molecule has 0 atom stereocenters. The summed E-state index contributed by atoms with van der Waals surface area (Å²) in [6.07, 6.45) is 3.35. The lowest BCUT2D eigenvalue weighted by Gasteiger charge is -2.10. The van der Waals surface area contributed by atoms with E-state index in [-0.39, 0.29) is 14.9 Å². The van der Waals surface area contributed by atoms with Crippen LogP contribution in [0.25, 0.3) is 28.3 Å². The number of anilines is 1. The smallest absolute Gasteiger partial charge is 0.263 e. The van der Waals surface area contributed by atoms with Gasteiger partial charge in [0.15, 0.2) is 11.5 Å². The molecule has 0 radical (unpaired) electrons. The Bertz CT molecular complexity index is 1570. The van der Waals surface area contributed by atoms with Gasteiger partial charge in [-0.1, -0.05) is 35.3 Å². The molecule has 5 aromatic rings. The Morgan fingerprint density at radius 2 is 1.58 bits per heavy atom. The molecule has 3 aromatic heterocycles. The van der Waals surface area contributed by atoms with Gasteiger partial charge >= 0.3 is 0 Å². The van der Waals surface area contributed by atoms with Crippen molar-refractivity contribution in [2.75, 3.05) is 4.72 Å². The van der Waals surface area contributed by atoms with Crippen molar-refractivity contribution in [3.63, 3.8) is 0 Å². The summed E-state index contributed by atoms with van der Waals surface area (Å²) in [6, 6.07) is 18.4. The van der Waals surface area contributed by atoms with E-state index in [9.17, 15) is 8.42 Å². The van der Waals surface area contributed by atoms with Gasteiger partial charge in [-0.3, -0.25) is 9.71 Å². The zero-order valence-corrected chi connectivity index (χ0v) is 19.1. The summed E-state index contributed by atoms with van der Waals surface area (Å²) in [7, 11) is -3.91. The summed E-state index contributed by atoms with van der Waals surface area (Å²) in [5.74, 6) is 0.594. The number of benzene rings is 2. The fourth-order valence-electron chi connectivity index (χ4n) is 3.23. The Morgan fingerprint density at radius 1 is 0.818 bits per heavy atom. The van der Waals surface area contributed by atoms with Crippen LogP contribution >= 0.6 is 23.2 Å². The Hall–Kier alpha value is -3.53. The van der Waals surface area contributed by atoms with Crippen molar-refractivity contribution < 1.29 is 8.42 Å². The van der Waals surface area contributed by atoms with Gasteiger partial charge in [0.2, 0.25) is 0 Å². The van der Waals surface area contributed by atoms with Crippen LogP contribution in [-0.4, -0.2) is 33.2 Å². The third-order valence-corrected chi connectivity index (χ3v) is 6.91. The molecule has 0 aliphatic rings. The predicted octanol–water partition coefficient (Wildman–Crippen LogP) is 4.96. The van der Waals surface area contributed by atoms with E-state index >= 15 is 0 Å². The van der Waals surface area contributed by atoms with E-state index in [1.807, 2.05) is 24.3 Å². The monoisotopic (exact) mass is 496 g/mol. The lowest BCUT2D eigenvalue weighted by molar-refractivity contribution is 0.601. The van der Waals surface area contributed by atoms with E-state index in [1.54, 1.807) is 41.2 Å². The Labute approximate surface area is 198 Å². The highest BCUT2D eigenvalue weighted by Crippen LogP contribution is 2.28. The molecule has 0 saturated carbocycles. The van der Waals surface area contributed by atoms with E-state index in [4.69, 9.17) is 23.2 Å². The quantitative estimate of drug-likeness (QED) is 0.368. The van der Waals surface area contributed by atoms with Crippen molar-refractivity contribution in [1.82, 2.24) is 24.8 Å². The lowest BCUT2D eigenvalue weighted by atomic mass is 10.1. The minimum atomic E-state index is -3.91. The molecule has 0 saturated heterocycles. The van der Waals surface area contributed by atoms with Crippen LogP contribution in [0.4, 0.5) is 5.69 Å². The summed E-state index contributed by atoms with van der Waals surface area (Å²) in [4.78, 5) is 3.93. The topological polar surface area (TPSA) is 102 Å². The first kappa shape index (κ1) is 21.3. The van der Waals surface area contributed by atoms with Crippen LogP contribution < -0.4 is 4.72 Å². The fourth-order valence-corrected chi connectivity index (χ4v) is 5.05. The van der Waals surface area contributed by atoms with E-state index in [2.05, 4.69) is 25.0 Å². The predicted molar refractivity (Wildman–Crippen MR) is 127 cm³/mol. The van der Waals surface area contributed by atoms with Gasteiger partial charge in [-0.25, -0.2) is 8.42 Å². The number of hydrogen-bond acceptors (Lipinski definition) is 6. The average Bonchev–Trinajstić information content (AvgIpc) is 3.25. The van der Waals surface area contributed by atoms with Crippen molar-refractivity contribution in [3.8, 4) is 22.6 Å². The molecule has 164 valence electrons. The molecule has 5 rings (SSSR count). The molecule has 1 N–H and O–H groups in total. The van der Waals surface area contributed by atoms with Gasteiger partial charge in [-0.15, -0.1) is 10.2 Å². The van der Waals surface area contributed by atoms with Gasteiger partial charge in [0.05, 0.1) is 10.7 Å². The van der Waals surface area contributed by atoms with Gasteiger partial charge in [0, 0.05) is 34.2 Å². The van der Waals surface area contributed by atoms with Crippen LogP contribution in [-0.2, 0) is 10.0 Å². The fraction of sp³-hybridized carbons (Fsp3) is 0. The number of sulfonamides is 1. The number of halogens is 2. The molecule has 0 unspecified atom stereocenters. The van der Waals surface area contributed by atoms with Crippen molar-refractivity contribution >= 4 is 44.6 Å². The van der Waals surface area contributed by atoms with Crippen molar-refractivity contribution in [2.45, 2.75) is 4.90 Å². The van der Waals surface area contributed by atoms with E-state index in [0.29, 0.717) is 22.9 Å². The molecule has 0 aliphatic carbocycles. The SMILES string of the molecule is O=S(=O)(Nc1ccc(-c2ccc3nnc(-c4ccncc4)n3n2)cc1)c1cc(Cl)ccc1Cl. The summed E-state index contributed by atoms with van der Waals surface area (Å²) in [5.41, 5.74) is 3.28.